The smallest absolute Gasteiger partial charge is 0.318 e. The molecule has 0 rings (SSSR count). The SMILES string of the molecule is C=C/C=C(\C=C/C)NC(=O)NC.CC. The van der Waals surface area contributed by atoms with Crippen LogP contribution in [0.1, 0.15) is 20.8 Å². The van der Waals surface area contributed by atoms with E-state index in [0.29, 0.717) is 5.70 Å². The van der Waals surface area contributed by atoms with Crippen LogP contribution in [-0.2, 0) is 0 Å². The molecule has 80 valence electrons. The molecule has 14 heavy (non-hydrogen) atoms. The first kappa shape index (κ1) is 15.0. The maximum atomic E-state index is 10.8. The minimum Gasteiger partial charge on any atom is -0.341 e. The fourth-order valence-corrected chi connectivity index (χ4v) is 0.639. The zero-order valence-corrected chi connectivity index (χ0v) is 9.42. The van der Waals surface area contributed by atoms with Crippen LogP contribution in [-0.4, -0.2) is 13.1 Å². The average molecular weight is 196 g/mol. The van der Waals surface area contributed by atoms with Gasteiger partial charge in [-0.3, -0.25) is 0 Å². The zero-order valence-electron chi connectivity index (χ0n) is 9.42. The van der Waals surface area contributed by atoms with Gasteiger partial charge in [-0.2, -0.15) is 0 Å². The number of rotatable bonds is 3. The van der Waals surface area contributed by atoms with Gasteiger partial charge in [0.05, 0.1) is 0 Å². The molecule has 2 N–H and O–H groups in total. The van der Waals surface area contributed by atoms with E-state index >= 15 is 0 Å². The van der Waals surface area contributed by atoms with Crippen LogP contribution < -0.4 is 10.6 Å². The Hall–Kier alpha value is -1.51. The van der Waals surface area contributed by atoms with Crippen molar-refractivity contribution in [1.82, 2.24) is 10.6 Å². The molecule has 0 spiro atoms. The maximum absolute atomic E-state index is 10.8. The van der Waals surface area contributed by atoms with E-state index in [1.54, 1.807) is 25.3 Å². The second kappa shape index (κ2) is 11.5. The van der Waals surface area contributed by atoms with E-state index in [1.807, 2.05) is 26.8 Å². The number of nitrogens with one attached hydrogen (secondary N) is 2. The predicted octanol–water partition coefficient (Wildman–Crippen LogP) is 2.59. The quantitative estimate of drug-likeness (QED) is 0.669. The lowest BCUT2D eigenvalue weighted by Gasteiger charge is -2.03. The highest BCUT2D eigenvalue weighted by Crippen LogP contribution is 1.91. The molecule has 0 unspecified atom stereocenters. The summed E-state index contributed by atoms with van der Waals surface area (Å²) in [5.74, 6) is 0. The lowest BCUT2D eigenvalue weighted by molar-refractivity contribution is 0.245. The summed E-state index contributed by atoms with van der Waals surface area (Å²) in [6, 6.07) is -0.235. The molecule has 0 aromatic heterocycles. The standard InChI is InChI=1S/C9H14N2O.C2H6/c1-4-6-8(7-5-2)11-9(12)10-3;1-2/h4-7H,1H2,2-3H3,(H2,10,11,12);1-2H3/b7-5-,8-6+;. The minimum atomic E-state index is -0.235. The Morgan fingerprint density at radius 3 is 2.29 bits per heavy atom. The third-order valence-corrected chi connectivity index (χ3v) is 1.13. The summed E-state index contributed by atoms with van der Waals surface area (Å²) in [6.07, 6.45) is 6.96. The van der Waals surface area contributed by atoms with Gasteiger partial charge in [0.25, 0.3) is 0 Å². The van der Waals surface area contributed by atoms with E-state index < -0.39 is 0 Å². The zero-order chi connectivity index (χ0) is 11.4. The van der Waals surface area contributed by atoms with E-state index in [1.165, 1.54) is 0 Å². The van der Waals surface area contributed by atoms with Gasteiger partial charge in [-0.1, -0.05) is 32.6 Å². The van der Waals surface area contributed by atoms with Crippen molar-refractivity contribution in [2.45, 2.75) is 20.8 Å². The van der Waals surface area contributed by atoms with E-state index in [0.717, 1.165) is 0 Å². The van der Waals surface area contributed by atoms with Crippen molar-refractivity contribution >= 4 is 6.03 Å². The molecule has 0 aliphatic heterocycles. The van der Waals surface area contributed by atoms with Crippen molar-refractivity contribution in [3.05, 3.63) is 36.6 Å². The first-order valence-electron chi connectivity index (χ1n) is 4.68. The Balaban J connectivity index is 0. The summed E-state index contributed by atoms with van der Waals surface area (Å²) in [4.78, 5) is 10.8. The van der Waals surface area contributed by atoms with Crippen LogP contribution in [0.2, 0.25) is 0 Å². The van der Waals surface area contributed by atoms with Crippen molar-refractivity contribution in [2.75, 3.05) is 7.05 Å². The largest absolute Gasteiger partial charge is 0.341 e. The number of amides is 2. The average Bonchev–Trinajstić information content (AvgIpc) is 2.21. The van der Waals surface area contributed by atoms with Crippen LogP contribution in [0.4, 0.5) is 4.79 Å². The van der Waals surface area contributed by atoms with Gasteiger partial charge in [0.2, 0.25) is 0 Å². The van der Waals surface area contributed by atoms with Crippen molar-refractivity contribution < 1.29 is 4.79 Å². The molecule has 0 heterocycles. The molecule has 0 atom stereocenters. The molecule has 0 aliphatic rings. The Labute approximate surface area is 86.6 Å². The molecule has 3 nitrogen and oxygen atoms in total. The molecule has 0 bridgehead atoms. The predicted molar refractivity (Wildman–Crippen MR) is 62.0 cm³/mol. The van der Waals surface area contributed by atoms with Gasteiger partial charge in [0, 0.05) is 12.7 Å². The van der Waals surface area contributed by atoms with Gasteiger partial charge in [0.1, 0.15) is 0 Å². The monoisotopic (exact) mass is 196 g/mol. The fourth-order valence-electron chi connectivity index (χ4n) is 0.639. The normalized spacial score (nSPS) is 10.1. The maximum Gasteiger partial charge on any atom is 0.318 e. The lowest BCUT2D eigenvalue weighted by atomic mass is 10.3. The number of carbonyl (C=O) groups excluding carboxylic acids is 1. The highest BCUT2D eigenvalue weighted by molar-refractivity contribution is 5.76. The third-order valence-electron chi connectivity index (χ3n) is 1.13. The molecule has 0 aliphatic carbocycles. The number of hydrogen-bond acceptors (Lipinski definition) is 1. The Morgan fingerprint density at radius 1 is 1.36 bits per heavy atom. The lowest BCUT2D eigenvalue weighted by Crippen LogP contribution is -2.31. The molecular formula is C11H20N2O. The summed E-state index contributed by atoms with van der Waals surface area (Å²) in [5, 5.41) is 5.07. The van der Waals surface area contributed by atoms with Crippen LogP contribution >= 0.6 is 0 Å². The van der Waals surface area contributed by atoms with E-state index in [2.05, 4.69) is 17.2 Å². The molecule has 0 radical (unpaired) electrons. The molecule has 3 heteroatoms. The number of urea groups is 1. The molecule has 0 aromatic carbocycles. The molecule has 2 amide bonds. The molecule has 0 saturated carbocycles. The van der Waals surface area contributed by atoms with Gasteiger partial charge in [-0.15, -0.1) is 0 Å². The first-order valence-corrected chi connectivity index (χ1v) is 4.68. The highest BCUT2D eigenvalue weighted by atomic mass is 16.2. The first-order chi connectivity index (χ1) is 6.74. The Morgan fingerprint density at radius 2 is 1.93 bits per heavy atom. The second-order valence-corrected chi connectivity index (χ2v) is 2.06. The third kappa shape index (κ3) is 8.59. The Bertz CT molecular complexity index is 217. The van der Waals surface area contributed by atoms with Crippen LogP contribution in [0.15, 0.2) is 36.6 Å². The van der Waals surface area contributed by atoms with Crippen molar-refractivity contribution in [3.63, 3.8) is 0 Å². The summed E-state index contributed by atoms with van der Waals surface area (Å²) in [6.45, 7) is 9.41. The summed E-state index contributed by atoms with van der Waals surface area (Å²) < 4.78 is 0. The van der Waals surface area contributed by atoms with Gasteiger partial charge < -0.3 is 10.6 Å². The van der Waals surface area contributed by atoms with Crippen molar-refractivity contribution in [3.8, 4) is 0 Å². The van der Waals surface area contributed by atoms with Crippen LogP contribution in [0, 0.1) is 0 Å². The number of hydrogen-bond donors (Lipinski definition) is 2. The fraction of sp³-hybridized carbons (Fsp3) is 0.364. The van der Waals surface area contributed by atoms with Crippen LogP contribution in [0.3, 0.4) is 0 Å². The molecule has 0 fully saturated rings. The van der Waals surface area contributed by atoms with Gasteiger partial charge in [-0.25, -0.2) is 4.79 Å². The van der Waals surface area contributed by atoms with E-state index in [9.17, 15) is 4.79 Å². The van der Waals surface area contributed by atoms with Gasteiger partial charge >= 0.3 is 6.03 Å². The van der Waals surface area contributed by atoms with Gasteiger partial charge in [-0.05, 0) is 19.1 Å². The summed E-state index contributed by atoms with van der Waals surface area (Å²) in [7, 11) is 1.57. The highest BCUT2D eigenvalue weighted by Gasteiger charge is 1.95. The molecule has 0 aromatic rings. The van der Waals surface area contributed by atoms with Crippen molar-refractivity contribution in [1.29, 1.82) is 0 Å². The molecular weight excluding hydrogens is 176 g/mol. The number of carbonyl (C=O) groups is 1. The van der Waals surface area contributed by atoms with E-state index in [4.69, 9.17) is 0 Å². The second-order valence-electron chi connectivity index (χ2n) is 2.06. The minimum absolute atomic E-state index is 0.235. The topological polar surface area (TPSA) is 41.1 Å². The van der Waals surface area contributed by atoms with Crippen LogP contribution in [0.25, 0.3) is 0 Å². The van der Waals surface area contributed by atoms with Gasteiger partial charge in [0.15, 0.2) is 0 Å². The number of allylic oxidation sites excluding steroid dienone is 4. The molecule has 0 saturated heterocycles. The van der Waals surface area contributed by atoms with Crippen molar-refractivity contribution in [2.24, 2.45) is 0 Å². The van der Waals surface area contributed by atoms with Crippen LogP contribution in [0.5, 0.6) is 0 Å². The Kier molecular flexibility index (Phi) is 12.3. The summed E-state index contributed by atoms with van der Waals surface area (Å²) >= 11 is 0. The summed E-state index contributed by atoms with van der Waals surface area (Å²) in [5.41, 5.74) is 0.715. The van der Waals surface area contributed by atoms with E-state index in [-0.39, 0.29) is 6.03 Å².